The van der Waals surface area contributed by atoms with Crippen LogP contribution in [0.15, 0.2) is 105 Å². The summed E-state index contributed by atoms with van der Waals surface area (Å²) >= 11 is 0. The summed E-state index contributed by atoms with van der Waals surface area (Å²) in [5, 5.41) is 2.57. The molecule has 12 nitrogen and oxygen atoms in total. The fourth-order valence-electron chi connectivity index (χ4n) is 6.11. The van der Waals surface area contributed by atoms with Gasteiger partial charge in [-0.1, -0.05) is 91.0 Å². The van der Waals surface area contributed by atoms with Crippen LogP contribution in [-0.2, 0) is 46.2 Å². The third kappa shape index (κ3) is 7.54. The minimum atomic E-state index is -3.07. The standard InChI is InChI=1S/C33H45N3O9Si3/c1-40-46(41-2,28-16-10-7-11-17-28)25-22-34-31(37)35(23-26-47(42-3,43-4)29-18-12-8-13-19-29)33(39)36(32(34)38)24-27-48(44-5,45-6)30-20-14-9-15-21-30/h7-21H,22-27H2,1-6H3. The van der Waals surface area contributed by atoms with Crippen LogP contribution in [-0.4, -0.2) is 82.0 Å². The van der Waals surface area contributed by atoms with E-state index < -0.39 is 42.8 Å². The van der Waals surface area contributed by atoms with Crippen molar-refractivity contribution in [3.8, 4) is 0 Å². The second-order valence-electron chi connectivity index (χ2n) is 11.1. The maximum atomic E-state index is 14.1. The number of rotatable bonds is 18. The molecule has 4 rings (SSSR count). The zero-order chi connectivity index (χ0) is 34.8. The minimum absolute atomic E-state index is 0.0353. The molecule has 0 bridgehead atoms. The number of nitrogens with zero attached hydrogens (tertiary/aromatic N) is 3. The van der Waals surface area contributed by atoms with Crippen molar-refractivity contribution >= 4 is 41.2 Å². The predicted octanol–water partition coefficient (Wildman–Crippen LogP) is 1.10. The Balaban J connectivity index is 1.81. The molecular formula is C33H45N3O9Si3. The van der Waals surface area contributed by atoms with E-state index >= 15 is 0 Å². The summed E-state index contributed by atoms with van der Waals surface area (Å²) in [4.78, 5) is 42.3. The van der Waals surface area contributed by atoms with Crippen LogP contribution in [0.25, 0.3) is 0 Å². The number of benzene rings is 3. The molecule has 0 aliphatic heterocycles. The second kappa shape index (κ2) is 16.7. The fourth-order valence-corrected chi connectivity index (χ4v) is 13.8. The molecule has 0 amide bonds. The molecule has 258 valence electrons. The van der Waals surface area contributed by atoms with Gasteiger partial charge in [-0.2, -0.15) is 0 Å². The minimum Gasteiger partial charge on any atom is -0.394 e. The zero-order valence-electron chi connectivity index (χ0n) is 28.4. The molecule has 1 aromatic heterocycles. The van der Waals surface area contributed by atoms with Gasteiger partial charge in [0.15, 0.2) is 0 Å². The van der Waals surface area contributed by atoms with Gasteiger partial charge in [-0.05, 0) is 15.6 Å². The van der Waals surface area contributed by atoms with Crippen LogP contribution >= 0.6 is 0 Å². The van der Waals surface area contributed by atoms with Gasteiger partial charge in [0.25, 0.3) is 0 Å². The largest absolute Gasteiger partial charge is 0.394 e. The average molecular weight is 712 g/mol. The monoisotopic (exact) mass is 711 g/mol. The van der Waals surface area contributed by atoms with Crippen molar-refractivity contribution in [2.45, 2.75) is 37.8 Å². The summed E-state index contributed by atoms with van der Waals surface area (Å²) in [5.41, 5.74) is -2.17. The summed E-state index contributed by atoms with van der Waals surface area (Å²) in [6.45, 7) is -0.106. The van der Waals surface area contributed by atoms with Gasteiger partial charge in [0.05, 0.1) is 0 Å². The van der Waals surface area contributed by atoms with E-state index in [1.54, 1.807) is 42.7 Å². The van der Waals surface area contributed by atoms with E-state index in [1.165, 1.54) is 0 Å². The Morgan fingerprint density at radius 2 is 0.604 bits per heavy atom. The van der Waals surface area contributed by atoms with Crippen LogP contribution in [0, 0.1) is 0 Å². The first kappa shape index (κ1) is 37.3. The molecule has 0 N–H and O–H groups in total. The molecule has 0 saturated carbocycles. The van der Waals surface area contributed by atoms with Crippen molar-refractivity contribution in [3.05, 3.63) is 122 Å². The van der Waals surface area contributed by atoms with Crippen LogP contribution in [0.1, 0.15) is 0 Å². The third-order valence-corrected chi connectivity index (χ3v) is 19.2. The van der Waals surface area contributed by atoms with Gasteiger partial charge in [-0.3, -0.25) is 0 Å². The van der Waals surface area contributed by atoms with E-state index in [1.807, 2.05) is 91.0 Å². The maximum absolute atomic E-state index is 14.1. The van der Waals surface area contributed by atoms with Crippen molar-refractivity contribution in [2.24, 2.45) is 0 Å². The van der Waals surface area contributed by atoms with E-state index in [0.29, 0.717) is 0 Å². The average Bonchev–Trinajstić information content (AvgIpc) is 3.14. The summed E-state index contributed by atoms with van der Waals surface area (Å²) in [5.74, 6) is 0. The van der Waals surface area contributed by atoms with Gasteiger partial charge in [0.2, 0.25) is 0 Å². The Hall–Kier alpha value is -3.52. The molecule has 0 aliphatic carbocycles. The van der Waals surface area contributed by atoms with Crippen molar-refractivity contribution in [2.75, 3.05) is 42.7 Å². The SMILES string of the molecule is CO[Si](CCn1c(=O)n(CC[Si](OC)(OC)c2ccccc2)c(=O)n(CC[Si](OC)(OC)c2ccccc2)c1=O)(OC)c1ccccc1. The number of hydrogen-bond donors (Lipinski definition) is 0. The first-order chi connectivity index (χ1) is 23.2. The van der Waals surface area contributed by atoms with Crippen LogP contribution in [0.4, 0.5) is 0 Å². The highest BCUT2D eigenvalue weighted by atomic mass is 28.4. The predicted molar refractivity (Wildman–Crippen MR) is 191 cm³/mol. The molecule has 1 heterocycles. The van der Waals surface area contributed by atoms with Crippen LogP contribution < -0.4 is 32.6 Å². The van der Waals surface area contributed by atoms with Gasteiger partial charge in [-0.25, -0.2) is 28.1 Å². The van der Waals surface area contributed by atoms with E-state index in [-0.39, 0.29) is 37.8 Å². The Bertz CT molecular complexity index is 1530. The molecule has 0 saturated heterocycles. The molecular weight excluding hydrogens is 667 g/mol. The van der Waals surface area contributed by atoms with E-state index in [0.717, 1.165) is 29.3 Å². The van der Waals surface area contributed by atoms with Crippen molar-refractivity contribution in [1.29, 1.82) is 0 Å². The Kier molecular flexibility index (Phi) is 13.0. The van der Waals surface area contributed by atoms with E-state index in [2.05, 4.69) is 0 Å². The lowest BCUT2D eigenvalue weighted by Crippen LogP contribution is -2.59. The Morgan fingerprint density at radius 3 is 0.792 bits per heavy atom. The van der Waals surface area contributed by atoms with Crippen molar-refractivity contribution in [1.82, 2.24) is 13.7 Å². The van der Waals surface area contributed by atoms with E-state index in [9.17, 15) is 14.4 Å². The molecule has 0 radical (unpaired) electrons. The van der Waals surface area contributed by atoms with Gasteiger partial charge in [-0.15, -0.1) is 0 Å². The van der Waals surface area contributed by atoms with Crippen LogP contribution in [0.3, 0.4) is 0 Å². The van der Waals surface area contributed by atoms with Gasteiger partial charge >= 0.3 is 42.8 Å². The van der Waals surface area contributed by atoms with Crippen LogP contribution in [0.2, 0.25) is 18.1 Å². The Morgan fingerprint density at radius 1 is 0.396 bits per heavy atom. The molecule has 3 aromatic carbocycles. The lowest BCUT2D eigenvalue weighted by atomic mass is 10.4. The Labute approximate surface area is 283 Å². The zero-order valence-corrected chi connectivity index (χ0v) is 31.4. The first-order valence-electron chi connectivity index (χ1n) is 15.6. The van der Waals surface area contributed by atoms with Crippen molar-refractivity contribution in [3.63, 3.8) is 0 Å². The van der Waals surface area contributed by atoms with Gasteiger partial charge in [0, 0.05) is 80.4 Å². The van der Waals surface area contributed by atoms with Crippen LogP contribution in [0.5, 0.6) is 0 Å². The summed E-state index contributed by atoms with van der Waals surface area (Å²) in [6, 6.07) is 29.2. The lowest BCUT2D eigenvalue weighted by Gasteiger charge is -2.29. The highest BCUT2D eigenvalue weighted by Gasteiger charge is 2.41. The molecule has 0 fully saturated rings. The molecule has 0 aliphatic rings. The molecule has 4 aromatic rings. The highest BCUT2D eigenvalue weighted by Crippen LogP contribution is 2.16. The van der Waals surface area contributed by atoms with Gasteiger partial charge < -0.3 is 26.6 Å². The molecule has 0 unspecified atom stereocenters. The quantitative estimate of drug-likeness (QED) is 0.140. The molecule has 0 spiro atoms. The third-order valence-electron chi connectivity index (χ3n) is 9.00. The topological polar surface area (TPSA) is 121 Å². The molecule has 15 heteroatoms. The normalized spacial score (nSPS) is 12.4. The summed E-state index contributed by atoms with van der Waals surface area (Å²) in [6.07, 6.45) is 0. The van der Waals surface area contributed by atoms with E-state index in [4.69, 9.17) is 26.6 Å². The lowest BCUT2D eigenvalue weighted by molar-refractivity contribution is 0.251. The highest BCUT2D eigenvalue weighted by molar-refractivity contribution is 6.82. The van der Waals surface area contributed by atoms with Crippen molar-refractivity contribution < 1.29 is 26.6 Å². The summed E-state index contributed by atoms with van der Waals surface area (Å²) < 4.78 is 39.1. The number of aromatic nitrogens is 3. The fraction of sp³-hybridized carbons (Fsp3) is 0.364. The second-order valence-corrected chi connectivity index (χ2v) is 21.3. The first-order valence-corrected chi connectivity index (χ1v) is 21.7. The maximum Gasteiger partial charge on any atom is 0.373 e. The number of hydrogen-bond acceptors (Lipinski definition) is 9. The molecule has 48 heavy (non-hydrogen) atoms. The smallest absolute Gasteiger partial charge is 0.373 e. The molecule has 0 atom stereocenters. The summed E-state index contributed by atoms with van der Waals surface area (Å²) in [7, 11) is 0.202. The van der Waals surface area contributed by atoms with Gasteiger partial charge in [0.1, 0.15) is 0 Å².